The minimum Gasteiger partial charge on any atom is -0.271 e. The molecule has 34 heavy (non-hydrogen) atoms. The number of benzene rings is 3. The summed E-state index contributed by atoms with van der Waals surface area (Å²) in [4.78, 5) is 12.9. The maximum Gasteiger partial charge on any atom is 0.264 e. The van der Waals surface area contributed by atoms with Crippen molar-refractivity contribution in [1.82, 2.24) is 5.43 Å². The highest BCUT2D eigenvalue weighted by Gasteiger charge is 2.27. The Hall–Kier alpha value is -2.72. The number of halogens is 1. The second-order valence-electron chi connectivity index (χ2n) is 8.31. The topological polar surface area (TPSA) is 78.8 Å². The largest absolute Gasteiger partial charge is 0.271 e. The minimum atomic E-state index is -3.97. The van der Waals surface area contributed by atoms with E-state index in [4.69, 9.17) is 0 Å². The average molecular weight is 589 g/mol. The van der Waals surface area contributed by atoms with Gasteiger partial charge >= 0.3 is 0 Å². The van der Waals surface area contributed by atoms with Crippen LogP contribution < -0.4 is 9.73 Å². The van der Waals surface area contributed by atoms with Gasteiger partial charge in [-0.3, -0.25) is 9.10 Å². The van der Waals surface area contributed by atoms with Gasteiger partial charge in [0.25, 0.3) is 15.9 Å². The zero-order valence-electron chi connectivity index (χ0n) is 19.6. The molecule has 0 aromatic heterocycles. The number of amides is 1. The molecule has 0 saturated heterocycles. The summed E-state index contributed by atoms with van der Waals surface area (Å²) < 4.78 is 29.2. The number of hydrazone groups is 1. The van der Waals surface area contributed by atoms with Crippen LogP contribution in [0.25, 0.3) is 0 Å². The molecule has 3 rings (SSSR count). The Kier molecular flexibility index (Phi) is 8.48. The summed E-state index contributed by atoms with van der Waals surface area (Å²) in [7, 11) is -3.97. The molecule has 6 nitrogen and oxygen atoms in total. The van der Waals surface area contributed by atoms with Crippen molar-refractivity contribution in [1.29, 1.82) is 0 Å². The number of hydrogen-bond donors (Lipinski definition) is 1. The highest BCUT2D eigenvalue weighted by atomic mass is 127. The summed E-state index contributed by atoms with van der Waals surface area (Å²) >= 11 is 2.22. The normalized spacial score (nSPS) is 12.0. The number of aryl methyl sites for hydroxylation is 1. The minimum absolute atomic E-state index is 0.123. The van der Waals surface area contributed by atoms with E-state index in [1.807, 2.05) is 43.3 Å². The van der Waals surface area contributed by atoms with Crippen LogP contribution in [0.2, 0.25) is 0 Å². The number of carbonyl (C=O) groups excluding carboxylic acids is 1. The molecule has 0 fully saturated rings. The van der Waals surface area contributed by atoms with Gasteiger partial charge in [-0.1, -0.05) is 55.8 Å². The molecule has 0 aliphatic heterocycles. The van der Waals surface area contributed by atoms with E-state index >= 15 is 0 Å². The van der Waals surface area contributed by atoms with Gasteiger partial charge < -0.3 is 0 Å². The van der Waals surface area contributed by atoms with Gasteiger partial charge in [-0.05, 0) is 89.9 Å². The van der Waals surface area contributed by atoms with Gasteiger partial charge in [0.15, 0.2) is 0 Å². The summed E-state index contributed by atoms with van der Waals surface area (Å²) in [6, 6.07) is 21.5. The van der Waals surface area contributed by atoms with Crippen LogP contribution in [0.5, 0.6) is 0 Å². The Bertz CT molecular complexity index is 1270. The van der Waals surface area contributed by atoms with E-state index < -0.39 is 22.5 Å². The SMILES string of the molecule is C/C(=N/NC(=O)CN(c1ccc(C(C)C)cc1)S(=O)(=O)c1ccc(C)cc1)c1ccc(I)cc1. The molecule has 0 radical (unpaired) electrons. The van der Waals surface area contributed by atoms with Gasteiger partial charge in [0, 0.05) is 3.57 Å². The van der Waals surface area contributed by atoms with Crippen molar-refractivity contribution < 1.29 is 13.2 Å². The zero-order valence-corrected chi connectivity index (χ0v) is 22.6. The van der Waals surface area contributed by atoms with Crippen LogP contribution in [0, 0.1) is 10.5 Å². The number of sulfonamides is 1. The van der Waals surface area contributed by atoms with Crippen molar-refractivity contribution in [3.8, 4) is 0 Å². The summed E-state index contributed by atoms with van der Waals surface area (Å²) in [5, 5.41) is 4.17. The molecule has 3 aromatic rings. The quantitative estimate of drug-likeness (QED) is 0.216. The number of nitrogens with zero attached hydrogens (tertiary/aromatic N) is 2. The van der Waals surface area contributed by atoms with Gasteiger partial charge in [0.2, 0.25) is 0 Å². The first-order valence-corrected chi connectivity index (χ1v) is 13.4. The van der Waals surface area contributed by atoms with E-state index in [0.717, 1.165) is 24.6 Å². The van der Waals surface area contributed by atoms with Crippen molar-refractivity contribution in [2.24, 2.45) is 5.10 Å². The summed E-state index contributed by atoms with van der Waals surface area (Å²) in [6.45, 7) is 7.41. The predicted octanol–water partition coefficient (Wildman–Crippen LogP) is 5.46. The molecule has 0 aliphatic carbocycles. The first-order valence-electron chi connectivity index (χ1n) is 10.9. The fourth-order valence-corrected chi connectivity index (χ4v) is 5.03. The lowest BCUT2D eigenvalue weighted by Gasteiger charge is -2.24. The number of anilines is 1. The maximum atomic E-state index is 13.5. The number of carbonyl (C=O) groups is 1. The van der Waals surface area contributed by atoms with Gasteiger partial charge in [-0.25, -0.2) is 13.8 Å². The molecule has 0 aliphatic rings. The van der Waals surface area contributed by atoms with Crippen LogP contribution in [-0.4, -0.2) is 26.6 Å². The van der Waals surface area contributed by atoms with E-state index in [-0.39, 0.29) is 4.90 Å². The fourth-order valence-electron chi connectivity index (χ4n) is 3.25. The predicted molar refractivity (Wildman–Crippen MR) is 146 cm³/mol. The van der Waals surface area contributed by atoms with Crippen LogP contribution in [0.3, 0.4) is 0 Å². The van der Waals surface area contributed by atoms with Crippen molar-refractivity contribution >= 4 is 49.9 Å². The highest BCUT2D eigenvalue weighted by Crippen LogP contribution is 2.26. The smallest absolute Gasteiger partial charge is 0.264 e. The monoisotopic (exact) mass is 589 g/mol. The molecule has 0 bridgehead atoms. The van der Waals surface area contributed by atoms with Crippen molar-refractivity contribution in [3.63, 3.8) is 0 Å². The zero-order chi connectivity index (χ0) is 24.9. The third-order valence-corrected chi connectivity index (χ3v) is 7.86. The first-order chi connectivity index (χ1) is 16.1. The lowest BCUT2D eigenvalue weighted by molar-refractivity contribution is -0.119. The van der Waals surface area contributed by atoms with Gasteiger partial charge in [0.05, 0.1) is 16.3 Å². The van der Waals surface area contributed by atoms with Gasteiger partial charge in [0.1, 0.15) is 6.54 Å². The molecule has 1 N–H and O–H groups in total. The third kappa shape index (κ3) is 6.44. The molecule has 8 heteroatoms. The lowest BCUT2D eigenvalue weighted by Crippen LogP contribution is -2.39. The third-order valence-electron chi connectivity index (χ3n) is 5.35. The molecule has 3 aromatic carbocycles. The molecular weight excluding hydrogens is 561 g/mol. The van der Waals surface area contributed by atoms with Gasteiger partial charge in [-0.15, -0.1) is 0 Å². The van der Waals surface area contributed by atoms with Gasteiger partial charge in [-0.2, -0.15) is 5.10 Å². The standard InChI is InChI=1S/C26H28IN3O3S/c1-18(2)21-9-13-24(14-10-21)30(34(32,33)25-15-5-19(3)6-16-25)17-26(31)29-28-20(4)22-7-11-23(27)12-8-22/h5-16,18H,17H2,1-4H3,(H,29,31)/b28-20-. The van der Waals surface area contributed by atoms with Crippen LogP contribution in [0.1, 0.15) is 43.4 Å². The molecule has 0 atom stereocenters. The molecular formula is C26H28IN3O3S. The number of nitrogens with one attached hydrogen (secondary N) is 1. The summed E-state index contributed by atoms with van der Waals surface area (Å²) in [5.74, 6) is -0.230. The van der Waals surface area contributed by atoms with Crippen LogP contribution in [-0.2, 0) is 14.8 Å². The van der Waals surface area contributed by atoms with Crippen LogP contribution in [0.15, 0.2) is 82.8 Å². The van der Waals surface area contributed by atoms with E-state index in [1.54, 1.807) is 43.3 Å². The molecule has 0 heterocycles. The second kappa shape index (κ2) is 11.1. The van der Waals surface area contributed by atoms with E-state index in [0.29, 0.717) is 17.3 Å². The first kappa shape index (κ1) is 25.9. The van der Waals surface area contributed by atoms with Crippen LogP contribution >= 0.6 is 22.6 Å². The van der Waals surface area contributed by atoms with Crippen molar-refractivity contribution in [2.75, 3.05) is 10.8 Å². The van der Waals surface area contributed by atoms with Crippen molar-refractivity contribution in [2.45, 2.75) is 38.5 Å². The van der Waals surface area contributed by atoms with Crippen molar-refractivity contribution in [3.05, 3.63) is 93.1 Å². The van der Waals surface area contributed by atoms with Crippen LogP contribution in [0.4, 0.5) is 5.69 Å². The fraction of sp³-hybridized carbons (Fsp3) is 0.231. The lowest BCUT2D eigenvalue weighted by atomic mass is 10.0. The van der Waals surface area contributed by atoms with E-state index in [2.05, 4.69) is 47.0 Å². The molecule has 178 valence electrons. The maximum absolute atomic E-state index is 13.5. The number of hydrogen-bond acceptors (Lipinski definition) is 4. The highest BCUT2D eigenvalue weighted by molar-refractivity contribution is 14.1. The summed E-state index contributed by atoms with van der Waals surface area (Å²) in [5.41, 5.74) is 6.44. The number of rotatable bonds is 8. The molecule has 1 amide bonds. The Morgan fingerprint density at radius 2 is 1.56 bits per heavy atom. The summed E-state index contributed by atoms with van der Waals surface area (Å²) in [6.07, 6.45) is 0. The Balaban J connectivity index is 1.88. The molecule has 0 spiro atoms. The Labute approximate surface area is 215 Å². The average Bonchev–Trinajstić information content (AvgIpc) is 2.81. The van der Waals surface area contributed by atoms with E-state index in [1.165, 1.54) is 0 Å². The Morgan fingerprint density at radius 1 is 0.971 bits per heavy atom. The second-order valence-corrected chi connectivity index (χ2v) is 11.4. The van der Waals surface area contributed by atoms with E-state index in [9.17, 15) is 13.2 Å². The molecule has 0 saturated carbocycles. The Morgan fingerprint density at radius 3 is 2.12 bits per heavy atom. The molecule has 0 unspecified atom stereocenters.